The van der Waals surface area contributed by atoms with Gasteiger partial charge in [-0.05, 0) is 45.1 Å². The number of hydrogen-bond donors (Lipinski definition) is 1. The Bertz CT molecular complexity index is 843. The average Bonchev–Trinajstić information content (AvgIpc) is 3.23. The number of hydrogen-bond acceptors (Lipinski definition) is 3. The fourth-order valence-corrected chi connectivity index (χ4v) is 5.92. The Morgan fingerprint density at radius 2 is 1.75 bits per heavy atom. The van der Waals surface area contributed by atoms with E-state index in [4.69, 9.17) is 23.2 Å². The number of nitrogens with zero attached hydrogens (tertiary/aromatic N) is 2. The van der Waals surface area contributed by atoms with Gasteiger partial charge in [0.2, 0.25) is 0 Å². The van der Waals surface area contributed by atoms with Gasteiger partial charge in [-0.25, -0.2) is 0 Å². The summed E-state index contributed by atoms with van der Waals surface area (Å²) in [6, 6.07) is 11.1. The van der Waals surface area contributed by atoms with E-state index in [9.17, 15) is 4.79 Å². The standard InChI is InChI=1S/C22H25Cl2N3O/c1-14(2)27-16-8-10-22(27,11-9-16)20(15-6-4-3-5-7-15)26-21(28)19-17(23)12-25-13-18(19)24/h3-7,12-14,16,20H,8-11H2,1-2H3,(H,26,28). The molecule has 0 saturated carbocycles. The van der Waals surface area contributed by atoms with Gasteiger partial charge in [-0.15, -0.1) is 0 Å². The first-order chi connectivity index (χ1) is 13.4. The Kier molecular flexibility index (Phi) is 5.38. The minimum absolute atomic E-state index is 0.0815. The second-order valence-electron chi connectivity index (χ2n) is 8.13. The first-order valence-electron chi connectivity index (χ1n) is 9.87. The van der Waals surface area contributed by atoms with Crippen LogP contribution < -0.4 is 5.32 Å². The molecule has 3 heterocycles. The van der Waals surface area contributed by atoms with Crippen LogP contribution in [-0.2, 0) is 0 Å². The lowest BCUT2D eigenvalue weighted by Gasteiger charge is -2.44. The van der Waals surface area contributed by atoms with Gasteiger partial charge in [0, 0.05) is 30.0 Å². The number of aromatic nitrogens is 1. The zero-order chi connectivity index (χ0) is 19.9. The number of benzene rings is 1. The summed E-state index contributed by atoms with van der Waals surface area (Å²) in [5.74, 6) is -0.250. The number of carbonyl (C=O) groups excluding carboxylic acids is 1. The second kappa shape index (κ2) is 7.66. The molecule has 2 fully saturated rings. The largest absolute Gasteiger partial charge is 0.343 e. The van der Waals surface area contributed by atoms with Gasteiger partial charge in [0.1, 0.15) is 0 Å². The molecular weight excluding hydrogens is 393 g/mol. The van der Waals surface area contributed by atoms with Crippen molar-refractivity contribution >= 4 is 29.1 Å². The SMILES string of the molecule is CC(C)N1C2CCC1(C(NC(=O)c1c(Cl)cncc1Cl)c1ccccc1)CC2. The Labute approximate surface area is 176 Å². The van der Waals surface area contributed by atoms with Crippen molar-refractivity contribution in [3.8, 4) is 0 Å². The second-order valence-corrected chi connectivity index (χ2v) is 8.95. The number of fused-ring (bicyclic) bond motifs is 2. The number of pyridine rings is 1. The van der Waals surface area contributed by atoms with Crippen molar-refractivity contribution in [1.29, 1.82) is 0 Å². The maximum Gasteiger partial charge on any atom is 0.254 e. The lowest BCUT2D eigenvalue weighted by atomic mass is 9.78. The van der Waals surface area contributed by atoms with Gasteiger partial charge in [-0.3, -0.25) is 14.7 Å². The molecule has 1 aromatic heterocycles. The zero-order valence-corrected chi connectivity index (χ0v) is 17.7. The molecule has 1 amide bonds. The molecule has 1 atom stereocenters. The smallest absolute Gasteiger partial charge is 0.254 e. The summed E-state index contributed by atoms with van der Waals surface area (Å²) in [6.45, 7) is 4.50. The van der Waals surface area contributed by atoms with Gasteiger partial charge in [-0.2, -0.15) is 0 Å². The molecule has 6 heteroatoms. The summed E-state index contributed by atoms with van der Waals surface area (Å²) in [7, 11) is 0. The molecule has 0 spiro atoms. The molecule has 1 unspecified atom stereocenters. The molecular formula is C22H25Cl2N3O. The zero-order valence-electron chi connectivity index (χ0n) is 16.2. The number of carbonyl (C=O) groups is 1. The molecule has 4 rings (SSSR count). The predicted molar refractivity (Wildman–Crippen MR) is 113 cm³/mol. The Morgan fingerprint density at radius 3 is 2.32 bits per heavy atom. The topological polar surface area (TPSA) is 45.2 Å². The van der Waals surface area contributed by atoms with E-state index in [2.05, 4.69) is 41.2 Å². The van der Waals surface area contributed by atoms with E-state index in [1.165, 1.54) is 25.2 Å². The number of halogens is 2. The summed E-state index contributed by atoms with van der Waals surface area (Å²) in [5.41, 5.74) is 1.33. The van der Waals surface area contributed by atoms with Crippen molar-refractivity contribution in [2.75, 3.05) is 0 Å². The molecule has 28 heavy (non-hydrogen) atoms. The highest BCUT2D eigenvalue weighted by Crippen LogP contribution is 2.53. The van der Waals surface area contributed by atoms with Crippen molar-refractivity contribution in [2.45, 2.75) is 63.2 Å². The van der Waals surface area contributed by atoms with E-state index in [1.807, 2.05) is 18.2 Å². The fraction of sp³-hybridized carbons (Fsp3) is 0.455. The van der Waals surface area contributed by atoms with Crippen LogP contribution >= 0.6 is 23.2 Å². The van der Waals surface area contributed by atoms with Gasteiger partial charge >= 0.3 is 0 Å². The van der Waals surface area contributed by atoms with Crippen molar-refractivity contribution in [1.82, 2.24) is 15.2 Å². The first-order valence-corrected chi connectivity index (χ1v) is 10.6. The van der Waals surface area contributed by atoms with Crippen LogP contribution in [0.3, 0.4) is 0 Å². The summed E-state index contributed by atoms with van der Waals surface area (Å²) < 4.78 is 0. The average molecular weight is 418 g/mol. The lowest BCUT2D eigenvalue weighted by molar-refractivity contribution is 0.0654. The minimum Gasteiger partial charge on any atom is -0.343 e. The van der Waals surface area contributed by atoms with Gasteiger partial charge in [0.15, 0.2) is 0 Å². The minimum atomic E-state index is -0.250. The summed E-state index contributed by atoms with van der Waals surface area (Å²) in [6.07, 6.45) is 7.42. The normalized spacial score (nSPS) is 25.2. The van der Waals surface area contributed by atoms with Crippen molar-refractivity contribution in [2.24, 2.45) is 0 Å². The molecule has 2 aliphatic heterocycles. The van der Waals surface area contributed by atoms with Crippen LogP contribution in [0.15, 0.2) is 42.7 Å². The Balaban J connectivity index is 1.75. The highest BCUT2D eigenvalue weighted by atomic mass is 35.5. The van der Waals surface area contributed by atoms with Gasteiger partial charge in [0.05, 0.1) is 21.7 Å². The maximum atomic E-state index is 13.2. The molecule has 4 nitrogen and oxygen atoms in total. The third kappa shape index (κ3) is 3.22. The quantitative estimate of drug-likeness (QED) is 0.720. The van der Waals surface area contributed by atoms with E-state index in [1.54, 1.807) is 0 Å². The van der Waals surface area contributed by atoms with Crippen LogP contribution in [0.2, 0.25) is 10.0 Å². The third-order valence-corrected chi connectivity index (χ3v) is 6.88. The molecule has 0 radical (unpaired) electrons. The van der Waals surface area contributed by atoms with E-state index >= 15 is 0 Å². The first kappa shape index (κ1) is 19.7. The monoisotopic (exact) mass is 417 g/mol. The van der Waals surface area contributed by atoms with Crippen LogP contribution in [0.4, 0.5) is 0 Å². The summed E-state index contributed by atoms with van der Waals surface area (Å²) >= 11 is 12.5. The van der Waals surface area contributed by atoms with Crippen LogP contribution in [0.1, 0.15) is 61.5 Å². The Morgan fingerprint density at radius 1 is 1.14 bits per heavy atom. The van der Waals surface area contributed by atoms with Crippen LogP contribution in [0.5, 0.6) is 0 Å². The number of amides is 1. The molecule has 0 aliphatic carbocycles. The van der Waals surface area contributed by atoms with E-state index in [0.717, 1.165) is 18.4 Å². The van der Waals surface area contributed by atoms with E-state index < -0.39 is 0 Å². The third-order valence-electron chi connectivity index (χ3n) is 6.31. The molecule has 2 saturated heterocycles. The van der Waals surface area contributed by atoms with Crippen molar-refractivity contribution < 1.29 is 4.79 Å². The van der Waals surface area contributed by atoms with Crippen molar-refractivity contribution in [3.05, 3.63) is 63.9 Å². The molecule has 2 aliphatic rings. The summed E-state index contributed by atoms with van der Waals surface area (Å²) in [4.78, 5) is 19.8. The summed E-state index contributed by atoms with van der Waals surface area (Å²) in [5, 5.41) is 3.84. The van der Waals surface area contributed by atoms with Crippen LogP contribution in [0, 0.1) is 0 Å². The highest BCUT2D eigenvalue weighted by molar-refractivity contribution is 6.39. The molecule has 2 aromatic rings. The molecule has 1 N–H and O–H groups in total. The fourth-order valence-electron chi connectivity index (χ4n) is 5.38. The van der Waals surface area contributed by atoms with E-state index in [-0.39, 0.29) is 27.5 Å². The molecule has 2 bridgehead atoms. The maximum absolute atomic E-state index is 13.2. The predicted octanol–water partition coefficient (Wildman–Crippen LogP) is 5.26. The van der Waals surface area contributed by atoms with Gasteiger partial charge < -0.3 is 5.32 Å². The number of nitrogens with one attached hydrogen (secondary N) is 1. The van der Waals surface area contributed by atoms with E-state index in [0.29, 0.717) is 17.6 Å². The van der Waals surface area contributed by atoms with Gasteiger partial charge in [0.25, 0.3) is 5.91 Å². The van der Waals surface area contributed by atoms with Crippen LogP contribution in [-0.4, -0.2) is 33.4 Å². The lowest BCUT2D eigenvalue weighted by Crippen LogP contribution is -2.54. The van der Waals surface area contributed by atoms with Gasteiger partial charge in [-0.1, -0.05) is 53.5 Å². The van der Waals surface area contributed by atoms with Crippen molar-refractivity contribution in [3.63, 3.8) is 0 Å². The Hall–Kier alpha value is -1.62. The number of rotatable bonds is 5. The highest BCUT2D eigenvalue weighted by Gasteiger charge is 2.57. The molecule has 148 valence electrons. The van der Waals surface area contributed by atoms with Crippen LogP contribution in [0.25, 0.3) is 0 Å². The molecule has 1 aromatic carbocycles.